The van der Waals surface area contributed by atoms with Crippen molar-refractivity contribution in [3.8, 4) is 0 Å². The zero-order chi connectivity index (χ0) is 23.1. The number of carboxylic acids is 1. The largest absolute Gasteiger partial charge is 0.480 e. The van der Waals surface area contributed by atoms with Gasteiger partial charge in [0.25, 0.3) is 0 Å². The summed E-state index contributed by atoms with van der Waals surface area (Å²) in [7, 11) is 1.51. The highest BCUT2D eigenvalue weighted by Crippen LogP contribution is 2.21. The molecule has 5 N–H and O–H groups in total. The molecule has 3 rings (SSSR count). The van der Waals surface area contributed by atoms with Gasteiger partial charge in [-0.1, -0.05) is 41.6 Å². The summed E-state index contributed by atoms with van der Waals surface area (Å²) in [6.07, 6.45) is 0.305. The predicted molar refractivity (Wildman–Crippen MR) is 117 cm³/mol. The minimum Gasteiger partial charge on any atom is -0.480 e. The van der Waals surface area contributed by atoms with E-state index in [4.69, 9.17) is 15.4 Å². The molecule has 0 fully saturated rings. The number of hydrogen-bond donors (Lipinski definition) is 4. The lowest BCUT2D eigenvalue weighted by Crippen LogP contribution is -2.50. The number of carbonyl (C=O) groups is 3. The van der Waals surface area contributed by atoms with E-state index in [0.717, 1.165) is 11.1 Å². The molecular weight excluding hydrogens is 414 g/mol. The van der Waals surface area contributed by atoms with Gasteiger partial charge in [0, 0.05) is 13.6 Å². The number of nitrogens with zero attached hydrogens (tertiary/aromatic N) is 2. The van der Waals surface area contributed by atoms with Crippen molar-refractivity contribution in [3.05, 3.63) is 59.7 Å². The number of amides is 2. The highest BCUT2D eigenvalue weighted by atomic mass is 16.5. The average molecular weight is 439 g/mol. The number of nitrogens with two attached hydrogens (primary N) is 1. The van der Waals surface area contributed by atoms with Gasteiger partial charge in [0.15, 0.2) is 11.4 Å². The van der Waals surface area contributed by atoms with E-state index in [-0.39, 0.29) is 31.4 Å². The van der Waals surface area contributed by atoms with Crippen LogP contribution in [0.25, 0.3) is 11.0 Å². The number of benzene rings is 2. The average Bonchev–Trinajstić information content (AvgIpc) is 3.15. The summed E-state index contributed by atoms with van der Waals surface area (Å²) in [6, 6.07) is 13.8. The fraction of sp³-hybridized carbons (Fsp3) is 0.273. The Kier molecular flexibility index (Phi) is 7.40. The van der Waals surface area contributed by atoms with Gasteiger partial charge in [0.1, 0.15) is 0 Å². The van der Waals surface area contributed by atoms with Gasteiger partial charge >= 0.3 is 5.97 Å². The van der Waals surface area contributed by atoms with Gasteiger partial charge in [-0.25, -0.2) is 0 Å². The maximum absolute atomic E-state index is 12.9. The Morgan fingerprint density at radius 2 is 1.91 bits per heavy atom. The molecule has 2 amide bonds. The molecule has 0 unspecified atom stereocenters. The summed E-state index contributed by atoms with van der Waals surface area (Å²) in [5.41, 5.74) is 7.89. The molecule has 10 nitrogen and oxygen atoms in total. The molecule has 0 bridgehead atoms. The third-order valence-electron chi connectivity index (χ3n) is 4.89. The molecule has 0 aliphatic carbocycles. The van der Waals surface area contributed by atoms with E-state index < -0.39 is 12.0 Å². The molecule has 32 heavy (non-hydrogen) atoms. The van der Waals surface area contributed by atoms with Crippen LogP contribution >= 0.6 is 0 Å². The molecule has 3 aromatic rings. The van der Waals surface area contributed by atoms with Crippen molar-refractivity contribution in [2.45, 2.75) is 19.0 Å². The zero-order valence-corrected chi connectivity index (χ0v) is 17.6. The number of nitrogens with one attached hydrogen (secondary N) is 2. The van der Waals surface area contributed by atoms with E-state index in [9.17, 15) is 14.4 Å². The molecule has 0 aliphatic heterocycles. The van der Waals surface area contributed by atoms with Gasteiger partial charge in [-0.05, 0) is 29.7 Å². The zero-order valence-electron chi connectivity index (χ0n) is 17.6. The van der Waals surface area contributed by atoms with E-state index in [2.05, 4.69) is 15.8 Å². The molecule has 0 aliphatic rings. The smallest absolute Gasteiger partial charge is 0.317 e. The topological polar surface area (TPSA) is 151 Å². The summed E-state index contributed by atoms with van der Waals surface area (Å²) in [6.45, 7) is -0.295. The van der Waals surface area contributed by atoms with Crippen molar-refractivity contribution < 1.29 is 24.0 Å². The quantitative estimate of drug-likeness (QED) is 0.362. The molecule has 1 heterocycles. The van der Waals surface area contributed by atoms with E-state index in [1.807, 2.05) is 30.3 Å². The Morgan fingerprint density at radius 1 is 1.16 bits per heavy atom. The van der Waals surface area contributed by atoms with Crippen molar-refractivity contribution in [2.24, 2.45) is 0 Å². The van der Waals surface area contributed by atoms with Crippen molar-refractivity contribution in [3.63, 3.8) is 0 Å². The number of carbonyl (C=O) groups excluding carboxylic acids is 2. The summed E-state index contributed by atoms with van der Waals surface area (Å²) in [5, 5.41) is 18.9. The van der Waals surface area contributed by atoms with Crippen molar-refractivity contribution in [1.29, 1.82) is 0 Å². The first kappa shape index (κ1) is 22.8. The van der Waals surface area contributed by atoms with E-state index in [0.29, 0.717) is 23.2 Å². The summed E-state index contributed by atoms with van der Waals surface area (Å²) < 4.78 is 5.12. The van der Waals surface area contributed by atoms with Gasteiger partial charge in [0.05, 0.1) is 24.5 Å². The molecule has 10 heteroatoms. The maximum atomic E-state index is 12.9. The second-order valence-electron chi connectivity index (χ2n) is 7.39. The van der Waals surface area contributed by atoms with Crippen LogP contribution in [-0.4, -0.2) is 59.1 Å². The number of aromatic nitrogens is 1. The van der Waals surface area contributed by atoms with Crippen LogP contribution in [0.5, 0.6) is 0 Å². The first-order chi connectivity index (χ1) is 15.3. The standard InChI is InChI=1S/C22H25N5O5/c1-27(22(31)17(24-12-20(29)30)9-14-5-3-2-4-6-14)13-19(28)25-11-15-7-8-16-18(10-15)32-26-21(16)23/h2-8,10,17,24H,9,11-13H2,1H3,(H2,23,26)(H,25,28)(H,29,30)/t17-/m1/s1. The van der Waals surface area contributed by atoms with Crippen molar-refractivity contribution in [2.75, 3.05) is 25.9 Å². The second kappa shape index (κ2) is 10.4. The third-order valence-corrected chi connectivity index (χ3v) is 4.89. The van der Waals surface area contributed by atoms with Crippen LogP contribution in [0.4, 0.5) is 5.82 Å². The number of hydrogen-bond acceptors (Lipinski definition) is 7. The summed E-state index contributed by atoms with van der Waals surface area (Å²) >= 11 is 0. The molecule has 1 aromatic heterocycles. The number of rotatable bonds is 10. The highest BCUT2D eigenvalue weighted by Gasteiger charge is 2.24. The number of carboxylic acid groups (broad SMARTS) is 1. The van der Waals surface area contributed by atoms with Gasteiger partial charge in [-0.3, -0.25) is 19.7 Å². The van der Waals surface area contributed by atoms with Crippen LogP contribution in [-0.2, 0) is 27.3 Å². The minimum atomic E-state index is -1.07. The lowest BCUT2D eigenvalue weighted by Gasteiger charge is -2.24. The SMILES string of the molecule is CN(CC(=O)NCc1ccc2c(N)noc2c1)C(=O)[C@@H](Cc1ccccc1)NCC(=O)O. The number of likely N-dealkylation sites (N-methyl/N-ethyl adjacent to an activating group) is 1. The van der Waals surface area contributed by atoms with Crippen LogP contribution in [0.15, 0.2) is 53.1 Å². The monoisotopic (exact) mass is 439 g/mol. The van der Waals surface area contributed by atoms with Gasteiger partial charge < -0.3 is 25.6 Å². The van der Waals surface area contributed by atoms with Crippen LogP contribution in [0, 0.1) is 0 Å². The van der Waals surface area contributed by atoms with Gasteiger partial charge in [-0.15, -0.1) is 0 Å². The fourth-order valence-corrected chi connectivity index (χ4v) is 3.23. The van der Waals surface area contributed by atoms with Gasteiger partial charge in [0.2, 0.25) is 11.8 Å². The Bertz CT molecular complexity index is 1100. The molecule has 2 aromatic carbocycles. The van der Waals surface area contributed by atoms with Crippen molar-refractivity contribution in [1.82, 2.24) is 20.7 Å². The van der Waals surface area contributed by atoms with Crippen LogP contribution in [0.3, 0.4) is 0 Å². The van der Waals surface area contributed by atoms with Crippen LogP contribution in [0.1, 0.15) is 11.1 Å². The minimum absolute atomic E-state index is 0.170. The first-order valence-electron chi connectivity index (χ1n) is 9.98. The van der Waals surface area contributed by atoms with E-state index in [1.165, 1.54) is 11.9 Å². The Balaban J connectivity index is 1.56. The molecule has 0 saturated carbocycles. The Morgan fingerprint density at radius 3 is 2.62 bits per heavy atom. The van der Waals surface area contributed by atoms with Crippen molar-refractivity contribution >= 4 is 34.6 Å². The Labute approximate surface area is 184 Å². The molecule has 168 valence electrons. The molecular formula is C22H25N5O5. The predicted octanol–water partition coefficient (Wildman–Crippen LogP) is 0.770. The highest BCUT2D eigenvalue weighted by molar-refractivity contribution is 5.88. The maximum Gasteiger partial charge on any atom is 0.317 e. The normalized spacial score (nSPS) is 11.8. The van der Waals surface area contributed by atoms with Gasteiger partial charge in [-0.2, -0.15) is 0 Å². The summed E-state index contributed by atoms with van der Waals surface area (Å²) in [5.74, 6) is -1.49. The number of aliphatic carboxylic acids is 1. The van der Waals surface area contributed by atoms with E-state index >= 15 is 0 Å². The summed E-state index contributed by atoms with van der Waals surface area (Å²) in [4.78, 5) is 37.5. The Hall–Kier alpha value is -3.92. The third kappa shape index (κ3) is 6.05. The molecule has 0 radical (unpaired) electrons. The van der Waals surface area contributed by atoms with E-state index in [1.54, 1.807) is 18.2 Å². The molecule has 0 saturated heterocycles. The number of fused-ring (bicyclic) bond motifs is 1. The number of anilines is 1. The first-order valence-corrected chi connectivity index (χ1v) is 9.98. The lowest BCUT2D eigenvalue weighted by atomic mass is 10.0. The molecule has 0 spiro atoms. The van der Waals surface area contributed by atoms with Crippen LogP contribution in [0.2, 0.25) is 0 Å². The number of nitrogen functional groups attached to an aromatic ring is 1. The fourth-order valence-electron chi connectivity index (χ4n) is 3.23. The van der Waals surface area contributed by atoms with Crippen LogP contribution < -0.4 is 16.4 Å². The second-order valence-corrected chi connectivity index (χ2v) is 7.39. The lowest BCUT2D eigenvalue weighted by molar-refractivity contribution is -0.138. The molecule has 1 atom stereocenters.